The number of hydrogen-bond acceptors (Lipinski definition) is 5. The van der Waals surface area contributed by atoms with E-state index in [9.17, 15) is 19.3 Å². The van der Waals surface area contributed by atoms with Crippen LogP contribution in [-0.2, 0) is 11.2 Å². The highest BCUT2D eigenvalue weighted by Gasteiger charge is 2.27. The maximum absolute atomic E-state index is 13.3. The summed E-state index contributed by atoms with van der Waals surface area (Å²) in [5.41, 5.74) is 0.576. The number of nitro groups is 1. The summed E-state index contributed by atoms with van der Waals surface area (Å²) in [6.45, 7) is 1.47. The van der Waals surface area contributed by atoms with Crippen molar-refractivity contribution >= 4 is 12.0 Å². The van der Waals surface area contributed by atoms with E-state index in [-0.39, 0.29) is 30.0 Å². The summed E-state index contributed by atoms with van der Waals surface area (Å²) >= 11 is 0. The Morgan fingerprint density at radius 3 is 2.90 bits per heavy atom. The molecule has 0 aliphatic heterocycles. The molecular weight excluding hydrogens is 279 g/mol. The van der Waals surface area contributed by atoms with Crippen molar-refractivity contribution in [3.63, 3.8) is 0 Å². The lowest BCUT2D eigenvalue weighted by atomic mass is 9.91. The molecule has 0 spiro atoms. The van der Waals surface area contributed by atoms with Gasteiger partial charge in [0, 0.05) is 12.8 Å². The van der Waals surface area contributed by atoms with E-state index >= 15 is 0 Å². The predicted octanol–water partition coefficient (Wildman–Crippen LogP) is 2.95. The minimum absolute atomic E-state index is 0.0913. The van der Waals surface area contributed by atoms with Crippen molar-refractivity contribution in [2.45, 2.75) is 25.7 Å². The molecule has 0 saturated heterocycles. The van der Waals surface area contributed by atoms with Gasteiger partial charge in [-0.1, -0.05) is 17.3 Å². The zero-order chi connectivity index (χ0) is 15.4. The Hall–Kier alpha value is -2.57. The van der Waals surface area contributed by atoms with Crippen molar-refractivity contribution in [1.82, 2.24) is 5.16 Å². The molecule has 1 aromatic heterocycles. The number of aromatic nitrogens is 1. The van der Waals surface area contributed by atoms with Crippen LogP contribution >= 0.6 is 0 Å². The standard InChI is InChI=1S/C14H13FN2O4/c1-9-14(17(19)20)13(21-16-9)8-11(5-6-18)10-3-2-4-12(15)7-10/h2-4,6-7,11H,5,8H2,1H3/t11-/m1/s1. The second-order valence-electron chi connectivity index (χ2n) is 4.66. The molecule has 0 aliphatic carbocycles. The number of rotatable bonds is 6. The van der Waals surface area contributed by atoms with Crippen LogP contribution in [0.5, 0.6) is 0 Å². The number of carbonyl (C=O) groups excluding carboxylic acids is 1. The molecule has 1 aromatic carbocycles. The van der Waals surface area contributed by atoms with Crippen LogP contribution in [0.4, 0.5) is 10.1 Å². The summed E-state index contributed by atoms with van der Waals surface area (Å²) in [4.78, 5) is 21.3. The molecule has 0 fully saturated rings. The van der Waals surface area contributed by atoms with Gasteiger partial charge in [0.15, 0.2) is 5.69 Å². The molecule has 1 heterocycles. The molecular formula is C14H13FN2O4. The van der Waals surface area contributed by atoms with Crippen LogP contribution < -0.4 is 0 Å². The van der Waals surface area contributed by atoms with Crippen molar-refractivity contribution in [2.75, 3.05) is 0 Å². The van der Waals surface area contributed by atoms with E-state index in [4.69, 9.17) is 4.52 Å². The van der Waals surface area contributed by atoms with E-state index in [0.717, 1.165) is 0 Å². The maximum atomic E-state index is 13.3. The Labute approximate surface area is 119 Å². The van der Waals surface area contributed by atoms with Crippen LogP contribution in [0.2, 0.25) is 0 Å². The third-order valence-electron chi connectivity index (χ3n) is 3.21. The number of aryl methyl sites for hydroxylation is 1. The number of aldehydes is 1. The molecule has 0 amide bonds. The lowest BCUT2D eigenvalue weighted by Gasteiger charge is -2.12. The average Bonchev–Trinajstić information content (AvgIpc) is 2.79. The summed E-state index contributed by atoms with van der Waals surface area (Å²) in [6, 6.07) is 5.81. The molecule has 0 aliphatic rings. The third kappa shape index (κ3) is 3.31. The van der Waals surface area contributed by atoms with E-state index in [2.05, 4.69) is 5.16 Å². The summed E-state index contributed by atoms with van der Waals surface area (Å²) in [5.74, 6) is -0.732. The van der Waals surface area contributed by atoms with Gasteiger partial charge in [0.05, 0.1) is 4.92 Å². The van der Waals surface area contributed by atoms with Crippen molar-refractivity contribution in [3.05, 3.63) is 57.2 Å². The number of nitrogens with zero attached hydrogens (tertiary/aromatic N) is 2. The molecule has 0 N–H and O–H groups in total. The van der Waals surface area contributed by atoms with Gasteiger partial charge in [0.1, 0.15) is 12.1 Å². The summed E-state index contributed by atoms with van der Waals surface area (Å²) in [5, 5.41) is 14.6. The minimum atomic E-state index is -0.565. The first-order chi connectivity index (χ1) is 10.0. The predicted molar refractivity (Wildman–Crippen MR) is 71.4 cm³/mol. The lowest BCUT2D eigenvalue weighted by molar-refractivity contribution is -0.386. The highest BCUT2D eigenvalue weighted by atomic mass is 19.1. The number of carbonyl (C=O) groups is 1. The van der Waals surface area contributed by atoms with Crippen molar-refractivity contribution in [3.8, 4) is 0 Å². The molecule has 7 heteroatoms. The second kappa shape index (κ2) is 6.25. The first-order valence-corrected chi connectivity index (χ1v) is 6.31. The largest absolute Gasteiger partial charge is 0.354 e. The zero-order valence-corrected chi connectivity index (χ0v) is 11.3. The van der Waals surface area contributed by atoms with Gasteiger partial charge in [-0.2, -0.15) is 0 Å². The van der Waals surface area contributed by atoms with E-state index < -0.39 is 16.7 Å². The normalized spacial score (nSPS) is 12.1. The third-order valence-corrected chi connectivity index (χ3v) is 3.21. The van der Waals surface area contributed by atoms with Crippen LogP contribution in [0.25, 0.3) is 0 Å². The molecule has 6 nitrogen and oxygen atoms in total. The highest BCUT2D eigenvalue weighted by Crippen LogP contribution is 2.30. The van der Waals surface area contributed by atoms with Gasteiger partial charge in [-0.3, -0.25) is 10.1 Å². The van der Waals surface area contributed by atoms with Gasteiger partial charge in [0.2, 0.25) is 5.76 Å². The van der Waals surface area contributed by atoms with Crippen LogP contribution in [0.15, 0.2) is 28.8 Å². The Morgan fingerprint density at radius 2 is 2.29 bits per heavy atom. The molecule has 0 radical (unpaired) electrons. The molecule has 0 saturated carbocycles. The van der Waals surface area contributed by atoms with E-state index in [1.54, 1.807) is 6.07 Å². The summed E-state index contributed by atoms with van der Waals surface area (Å²) in [6.07, 6.45) is 0.921. The Bertz CT molecular complexity index is 669. The van der Waals surface area contributed by atoms with Gasteiger partial charge < -0.3 is 9.32 Å². The highest BCUT2D eigenvalue weighted by molar-refractivity contribution is 5.52. The molecule has 1 atom stereocenters. The van der Waals surface area contributed by atoms with Crippen molar-refractivity contribution < 1.29 is 18.6 Å². The fraction of sp³-hybridized carbons (Fsp3) is 0.286. The first-order valence-electron chi connectivity index (χ1n) is 6.31. The SMILES string of the molecule is Cc1noc(C[C@@H](CC=O)c2cccc(F)c2)c1[N+](=O)[O-]. The molecule has 2 aromatic rings. The van der Waals surface area contributed by atoms with E-state index in [0.29, 0.717) is 11.8 Å². The molecule has 21 heavy (non-hydrogen) atoms. The fourth-order valence-corrected chi connectivity index (χ4v) is 2.22. The van der Waals surface area contributed by atoms with Gasteiger partial charge in [0.25, 0.3) is 0 Å². The van der Waals surface area contributed by atoms with E-state index in [1.807, 2.05) is 0 Å². The van der Waals surface area contributed by atoms with Crippen molar-refractivity contribution in [1.29, 1.82) is 0 Å². The van der Waals surface area contributed by atoms with Gasteiger partial charge >= 0.3 is 5.69 Å². The first kappa shape index (κ1) is 14.8. The summed E-state index contributed by atoms with van der Waals surface area (Å²) in [7, 11) is 0. The minimum Gasteiger partial charge on any atom is -0.354 e. The van der Waals surface area contributed by atoms with Crippen LogP contribution in [0, 0.1) is 22.9 Å². The second-order valence-corrected chi connectivity index (χ2v) is 4.66. The molecule has 0 unspecified atom stereocenters. The van der Waals surface area contributed by atoms with Gasteiger partial charge in [-0.25, -0.2) is 4.39 Å². The monoisotopic (exact) mass is 292 g/mol. The number of hydrogen-bond donors (Lipinski definition) is 0. The average molecular weight is 292 g/mol. The van der Waals surface area contributed by atoms with Crippen LogP contribution in [0.1, 0.15) is 29.4 Å². The van der Waals surface area contributed by atoms with E-state index in [1.165, 1.54) is 25.1 Å². The molecule has 2 rings (SSSR count). The zero-order valence-electron chi connectivity index (χ0n) is 11.3. The lowest BCUT2D eigenvalue weighted by Crippen LogP contribution is -2.05. The smallest absolute Gasteiger partial charge is 0.334 e. The number of benzene rings is 1. The Morgan fingerprint density at radius 1 is 1.52 bits per heavy atom. The topological polar surface area (TPSA) is 86.2 Å². The quantitative estimate of drug-likeness (QED) is 0.464. The fourth-order valence-electron chi connectivity index (χ4n) is 2.22. The number of halogens is 1. The maximum Gasteiger partial charge on any atom is 0.334 e. The van der Waals surface area contributed by atoms with Gasteiger partial charge in [-0.15, -0.1) is 0 Å². The Kier molecular flexibility index (Phi) is 4.42. The summed E-state index contributed by atoms with van der Waals surface area (Å²) < 4.78 is 18.3. The molecule has 110 valence electrons. The Balaban J connectivity index is 2.33. The van der Waals surface area contributed by atoms with Crippen LogP contribution in [0.3, 0.4) is 0 Å². The van der Waals surface area contributed by atoms with Crippen LogP contribution in [-0.4, -0.2) is 16.4 Å². The van der Waals surface area contributed by atoms with Gasteiger partial charge in [-0.05, 0) is 30.5 Å². The molecule has 0 bridgehead atoms. The van der Waals surface area contributed by atoms with Crippen molar-refractivity contribution in [2.24, 2.45) is 0 Å².